The molecule has 0 atom stereocenters. The summed E-state index contributed by atoms with van der Waals surface area (Å²) < 4.78 is 0. The highest BCUT2D eigenvalue weighted by atomic mass is 32.2. The number of hydrogen-bond acceptors (Lipinski definition) is 2. The molecule has 0 aromatic heterocycles. The summed E-state index contributed by atoms with van der Waals surface area (Å²) in [6.45, 7) is 8.81. The minimum absolute atomic E-state index is 0.230. The van der Waals surface area contributed by atoms with E-state index in [1.54, 1.807) is 0 Å². The van der Waals surface area contributed by atoms with Gasteiger partial charge in [0.15, 0.2) is 0 Å². The molecular weight excluding hydrogens is 130 g/mol. The van der Waals surface area contributed by atoms with Gasteiger partial charge in [0.05, 0.1) is 4.87 Å². The third kappa shape index (κ3) is 4.79. The normalized spacial score (nSPS) is 12.7. The lowest BCUT2D eigenvalue weighted by Gasteiger charge is -2.25. The first kappa shape index (κ1) is 9.31. The summed E-state index contributed by atoms with van der Waals surface area (Å²) in [6.07, 6.45) is 0. The van der Waals surface area contributed by atoms with Crippen LogP contribution in [0.2, 0.25) is 0 Å². The molecular formula is C7H17NS. The van der Waals surface area contributed by atoms with E-state index in [0.717, 1.165) is 0 Å². The van der Waals surface area contributed by atoms with Crippen molar-refractivity contribution in [3.8, 4) is 0 Å². The second-order valence-electron chi connectivity index (χ2n) is 2.93. The zero-order valence-electron chi connectivity index (χ0n) is 6.99. The quantitative estimate of drug-likeness (QED) is 0.613. The van der Waals surface area contributed by atoms with Crippen LogP contribution in [0.15, 0.2) is 0 Å². The van der Waals surface area contributed by atoms with Gasteiger partial charge >= 0.3 is 0 Å². The first-order valence-corrected chi connectivity index (χ1v) is 4.22. The van der Waals surface area contributed by atoms with Crippen LogP contribution < -0.4 is 5.32 Å². The summed E-state index contributed by atoms with van der Waals surface area (Å²) in [5, 5.41) is 3.94. The highest BCUT2D eigenvalue weighted by Gasteiger charge is 2.15. The van der Waals surface area contributed by atoms with Crippen LogP contribution in [0.25, 0.3) is 0 Å². The van der Waals surface area contributed by atoms with Gasteiger partial charge in [-0.25, -0.2) is 0 Å². The Labute approximate surface area is 62.6 Å². The molecule has 0 spiro atoms. The molecule has 9 heavy (non-hydrogen) atoms. The van der Waals surface area contributed by atoms with Crippen molar-refractivity contribution in [2.45, 2.75) is 37.8 Å². The van der Waals surface area contributed by atoms with Gasteiger partial charge in [0.2, 0.25) is 0 Å². The van der Waals surface area contributed by atoms with E-state index in [1.807, 2.05) is 18.8 Å². The van der Waals surface area contributed by atoms with Gasteiger partial charge in [-0.15, -0.1) is 11.8 Å². The zero-order valence-corrected chi connectivity index (χ0v) is 7.80. The van der Waals surface area contributed by atoms with Crippen LogP contribution in [0.4, 0.5) is 0 Å². The van der Waals surface area contributed by atoms with E-state index in [2.05, 4.69) is 33.0 Å². The molecule has 0 aliphatic rings. The lowest BCUT2D eigenvalue weighted by molar-refractivity contribution is 0.606. The van der Waals surface area contributed by atoms with E-state index in [1.165, 1.54) is 0 Å². The maximum Gasteiger partial charge on any atom is 0.0588 e. The topological polar surface area (TPSA) is 12.0 Å². The number of nitrogens with one attached hydrogen (secondary N) is 1. The number of rotatable bonds is 3. The van der Waals surface area contributed by atoms with Crippen LogP contribution in [0.5, 0.6) is 0 Å². The second-order valence-corrected chi connectivity index (χ2v) is 5.13. The molecule has 0 rings (SSSR count). The molecule has 56 valence electrons. The summed E-state index contributed by atoms with van der Waals surface area (Å²) in [4.78, 5) is 0.230. The Morgan fingerprint density at radius 2 is 1.78 bits per heavy atom. The standard InChI is InChI=1S/C7H17NS/c1-6(2)9-7(3,4)8-5/h6,8H,1-5H3. The van der Waals surface area contributed by atoms with Crippen molar-refractivity contribution in [3.63, 3.8) is 0 Å². The second kappa shape index (κ2) is 3.47. The Kier molecular flexibility index (Phi) is 3.59. The number of hydrogen-bond donors (Lipinski definition) is 1. The Bertz CT molecular complexity index is 79.0. The van der Waals surface area contributed by atoms with Gasteiger partial charge in [0.1, 0.15) is 0 Å². The molecule has 0 bridgehead atoms. The summed E-state index contributed by atoms with van der Waals surface area (Å²) in [7, 11) is 2.00. The average molecular weight is 147 g/mol. The third-order valence-electron chi connectivity index (χ3n) is 1.13. The SMILES string of the molecule is CNC(C)(C)SC(C)C. The van der Waals surface area contributed by atoms with Crippen molar-refractivity contribution >= 4 is 11.8 Å². The van der Waals surface area contributed by atoms with E-state index >= 15 is 0 Å². The van der Waals surface area contributed by atoms with E-state index in [0.29, 0.717) is 5.25 Å². The predicted molar refractivity (Wildman–Crippen MR) is 45.9 cm³/mol. The lowest BCUT2D eigenvalue weighted by Crippen LogP contribution is -2.33. The minimum atomic E-state index is 0.230. The van der Waals surface area contributed by atoms with Crippen molar-refractivity contribution in [3.05, 3.63) is 0 Å². The van der Waals surface area contributed by atoms with Crippen LogP contribution in [-0.2, 0) is 0 Å². The highest BCUT2D eigenvalue weighted by Crippen LogP contribution is 2.24. The third-order valence-corrected chi connectivity index (χ3v) is 2.40. The fourth-order valence-electron chi connectivity index (χ4n) is 0.648. The Balaban J connectivity index is 3.58. The van der Waals surface area contributed by atoms with Gasteiger partial charge in [-0.3, -0.25) is 0 Å². The lowest BCUT2D eigenvalue weighted by atomic mass is 10.4. The van der Waals surface area contributed by atoms with Crippen molar-refractivity contribution in [2.24, 2.45) is 0 Å². The molecule has 0 saturated carbocycles. The molecule has 0 aliphatic carbocycles. The predicted octanol–water partition coefficient (Wildman–Crippen LogP) is 2.08. The maximum atomic E-state index is 3.24. The van der Waals surface area contributed by atoms with Gasteiger partial charge in [0, 0.05) is 5.25 Å². The Morgan fingerprint density at radius 3 is 1.89 bits per heavy atom. The van der Waals surface area contributed by atoms with E-state index in [4.69, 9.17) is 0 Å². The molecule has 0 heterocycles. The van der Waals surface area contributed by atoms with Crippen LogP contribution in [0.1, 0.15) is 27.7 Å². The molecule has 0 aliphatic heterocycles. The van der Waals surface area contributed by atoms with Gasteiger partial charge in [-0.2, -0.15) is 0 Å². The van der Waals surface area contributed by atoms with E-state index in [9.17, 15) is 0 Å². The zero-order chi connectivity index (χ0) is 7.49. The summed E-state index contributed by atoms with van der Waals surface area (Å²) in [5.41, 5.74) is 0. The molecule has 1 nitrogen and oxygen atoms in total. The summed E-state index contributed by atoms with van der Waals surface area (Å²) in [6, 6.07) is 0. The first-order valence-electron chi connectivity index (χ1n) is 3.34. The molecule has 0 radical (unpaired) electrons. The molecule has 0 unspecified atom stereocenters. The molecule has 1 N–H and O–H groups in total. The smallest absolute Gasteiger partial charge is 0.0588 e. The van der Waals surface area contributed by atoms with E-state index < -0.39 is 0 Å². The highest BCUT2D eigenvalue weighted by molar-refractivity contribution is 8.01. The summed E-state index contributed by atoms with van der Waals surface area (Å²) in [5.74, 6) is 0. The molecule has 0 amide bonds. The maximum absolute atomic E-state index is 3.24. The van der Waals surface area contributed by atoms with Gasteiger partial charge in [-0.05, 0) is 20.9 Å². The fourth-order valence-corrected chi connectivity index (χ4v) is 1.94. The molecule has 0 fully saturated rings. The van der Waals surface area contributed by atoms with Crippen LogP contribution in [0.3, 0.4) is 0 Å². The van der Waals surface area contributed by atoms with Crippen LogP contribution >= 0.6 is 11.8 Å². The van der Waals surface area contributed by atoms with Crippen molar-refractivity contribution in [1.82, 2.24) is 5.32 Å². The Hall–Kier alpha value is 0.310. The molecule has 2 heteroatoms. The van der Waals surface area contributed by atoms with Crippen molar-refractivity contribution in [2.75, 3.05) is 7.05 Å². The monoisotopic (exact) mass is 147 g/mol. The van der Waals surface area contributed by atoms with Gasteiger partial charge in [-0.1, -0.05) is 13.8 Å². The van der Waals surface area contributed by atoms with Crippen molar-refractivity contribution < 1.29 is 0 Å². The van der Waals surface area contributed by atoms with Crippen molar-refractivity contribution in [1.29, 1.82) is 0 Å². The van der Waals surface area contributed by atoms with Gasteiger partial charge < -0.3 is 5.32 Å². The molecule has 0 aromatic rings. The average Bonchev–Trinajstić information content (AvgIpc) is 1.63. The minimum Gasteiger partial charge on any atom is -0.306 e. The number of thioether (sulfide) groups is 1. The van der Waals surface area contributed by atoms with Gasteiger partial charge in [0.25, 0.3) is 0 Å². The molecule has 0 saturated heterocycles. The molecule has 0 aromatic carbocycles. The Morgan fingerprint density at radius 1 is 1.33 bits per heavy atom. The largest absolute Gasteiger partial charge is 0.306 e. The van der Waals surface area contributed by atoms with Crippen LogP contribution in [0, 0.1) is 0 Å². The van der Waals surface area contributed by atoms with E-state index in [-0.39, 0.29) is 4.87 Å². The van der Waals surface area contributed by atoms with Crippen LogP contribution in [-0.4, -0.2) is 17.2 Å². The first-order chi connectivity index (χ1) is 3.98. The fraction of sp³-hybridized carbons (Fsp3) is 1.00. The summed E-state index contributed by atoms with van der Waals surface area (Å²) >= 11 is 1.95.